The number of amides is 1. The van der Waals surface area contributed by atoms with Crippen molar-refractivity contribution in [1.82, 2.24) is 23.7 Å². The summed E-state index contributed by atoms with van der Waals surface area (Å²) in [5, 5.41) is 2.73. The zero-order valence-corrected chi connectivity index (χ0v) is 27.1. The van der Waals surface area contributed by atoms with Gasteiger partial charge in [0.2, 0.25) is 21.8 Å². The molecule has 234 valence electrons. The molecule has 0 radical (unpaired) electrons. The van der Waals surface area contributed by atoms with Gasteiger partial charge in [-0.2, -0.15) is 4.31 Å². The van der Waals surface area contributed by atoms with Gasteiger partial charge in [-0.05, 0) is 61.4 Å². The largest absolute Gasteiger partial charge is 0.345 e. The molecular weight excluding hydrogens is 570 g/mol. The molecule has 0 aliphatic carbocycles. The van der Waals surface area contributed by atoms with Gasteiger partial charge in [-0.25, -0.2) is 27.3 Å². The number of nitrogens with zero attached hydrogens (tertiary/aromatic N) is 4. The number of carbonyl (C=O) groups is 3. The minimum atomic E-state index is -3.55. The Morgan fingerprint density at radius 1 is 1.09 bits per heavy atom. The van der Waals surface area contributed by atoms with Gasteiger partial charge in [0.15, 0.2) is 11.4 Å². The Labute approximate surface area is 253 Å². The normalized spacial score (nSPS) is 17.2. The first kappa shape index (κ1) is 33.9. The molecule has 1 saturated heterocycles. The molecule has 3 heterocycles. The highest BCUT2D eigenvalue weighted by Gasteiger charge is 2.37. The molecule has 1 N–H and O–H groups in total. The summed E-state index contributed by atoms with van der Waals surface area (Å²) in [4.78, 5) is 56.7. The van der Waals surface area contributed by atoms with Crippen LogP contribution >= 0.6 is 0 Å². The van der Waals surface area contributed by atoms with Gasteiger partial charge in [-0.15, -0.1) is 0 Å². The minimum Gasteiger partial charge on any atom is -0.345 e. The highest BCUT2D eigenvalue weighted by molar-refractivity contribution is 7.88. The van der Waals surface area contributed by atoms with E-state index >= 15 is 0 Å². The number of imidazole rings is 1. The monoisotopic (exact) mass is 613 g/mol. The standard InChI is InChI=1S/C29H37N5O6S.C2H6/c1-18(29(3,4)5)27(37)34-23-9-7-15-30-25(23)33(28(34)38)21-13-11-20(12-14-21)17-22(19(2)35)31-26(36)24-10-8-16-32(24)41(6,39)40;1-2/h7,9,11-15,18,22,24H,8,10,16-17H2,1-6H3,(H,31,36);1-2H3/t18?,22-,24?;/m0./s1. The van der Waals surface area contributed by atoms with Crippen molar-refractivity contribution in [2.24, 2.45) is 11.3 Å². The number of hydrogen-bond donors (Lipinski definition) is 1. The molecule has 0 saturated carbocycles. The SMILES string of the molecule is CC.CC(=O)[C@H](Cc1ccc(-n2c(=O)n(C(=O)C(C)C(C)(C)C)c3cccnc32)cc1)NC(=O)C1CCCN1S(C)(=O)=O. The summed E-state index contributed by atoms with van der Waals surface area (Å²) < 4.78 is 27.9. The Hall–Kier alpha value is -3.64. The first-order valence-electron chi connectivity index (χ1n) is 14.6. The van der Waals surface area contributed by atoms with Crippen LogP contribution in [0, 0.1) is 11.3 Å². The summed E-state index contributed by atoms with van der Waals surface area (Å²) in [5.41, 5.74) is 1.11. The minimum absolute atomic E-state index is 0.184. The van der Waals surface area contributed by atoms with Crippen molar-refractivity contribution < 1.29 is 22.8 Å². The van der Waals surface area contributed by atoms with Crippen LogP contribution in [0.5, 0.6) is 0 Å². The Bertz CT molecular complexity index is 1650. The van der Waals surface area contributed by atoms with E-state index in [4.69, 9.17) is 0 Å². The highest BCUT2D eigenvalue weighted by atomic mass is 32.2. The number of hydrogen-bond acceptors (Lipinski definition) is 7. The molecule has 0 spiro atoms. The average Bonchev–Trinajstić information content (AvgIpc) is 3.56. The maximum Gasteiger partial charge on any atom is 0.341 e. The molecule has 2 aromatic heterocycles. The lowest BCUT2D eigenvalue weighted by molar-refractivity contribution is -0.128. The number of sulfonamides is 1. The number of nitrogens with one attached hydrogen (secondary N) is 1. The maximum atomic E-state index is 13.6. The zero-order valence-electron chi connectivity index (χ0n) is 26.2. The van der Waals surface area contributed by atoms with Crippen molar-refractivity contribution in [3.8, 4) is 5.69 Å². The molecule has 1 fully saturated rings. The first-order valence-corrected chi connectivity index (χ1v) is 16.5. The van der Waals surface area contributed by atoms with Crippen molar-refractivity contribution in [2.45, 2.75) is 79.8 Å². The van der Waals surface area contributed by atoms with E-state index in [0.29, 0.717) is 29.7 Å². The fourth-order valence-corrected chi connectivity index (χ4v) is 6.14. The fraction of sp³-hybridized carbons (Fsp3) is 0.516. The number of fused-ring (bicyclic) bond motifs is 1. The second-order valence-electron chi connectivity index (χ2n) is 11.8. The summed E-state index contributed by atoms with van der Waals surface area (Å²) >= 11 is 0. The van der Waals surface area contributed by atoms with Gasteiger partial charge < -0.3 is 5.32 Å². The molecule has 1 aliphatic rings. The van der Waals surface area contributed by atoms with Crippen molar-refractivity contribution in [1.29, 1.82) is 0 Å². The van der Waals surface area contributed by atoms with Crippen LogP contribution in [0.25, 0.3) is 16.9 Å². The number of ketones is 1. The molecule has 3 atom stereocenters. The molecule has 1 aliphatic heterocycles. The van der Waals surface area contributed by atoms with Gasteiger partial charge in [-0.1, -0.05) is 53.7 Å². The van der Waals surface area contributed by atoms with Crippen molar-refractivity contribution in [3.05, 3.63) is 58.6 Å². The van der Waals surface area contributed by atoms with Crippen LogP contribution in [0.2, 0.25) is 0 Å². The molecule has 1 amide bonds. The lowest BCUT2D eigenvalue weighted by atomic mass is 9.81. The van der Waals surface area contributed by atoms with Crippen LogP contribution in [0.4, 0.5) is 0 Å². The van der Waals surface area contributed by atoms with Gasteiger partial charge in [0.25, 0.3) is 0 Å². The molecule has 3 aromatic rings. The number of pyridine rings is 1. The lowest BCUT2D eigenvalue weighted by Crippen LogP contribution is -2.50. The van der Waals surface area contributed by atoms with Crippen LogP contribution in [0.15, 0.2) is 47.4 Å². The molecular formula is C31H43N5O6S. The van der Waals surface area contributed by atoms with Crippen LogP contribution in [-0.4, -0.2) is 69.3 Å². The topological polar surface area (TPSA) is 140 Å². The van der Waals surface area contributed by atoms with Crippen LogP contribution in [0.3, 0.4) is 0 Å². The fourth-order valence-electron chi connectivity index (χ4n) is 5.02. The zero-order chi connectivity index (χ0) is 32.3. The maximum absolute atomic E-state index is 13.6. The van der Waals surface area contributed by atoms with Gasteiger partial charge in [-0.3, -0.25) is 14.4 Å². The summed E-state index contributed by atoms with van der Waals surface area (Å²) in [5.74, 6) is -1.49. The number of Topliss-reactive ketones (excluding diaryl/α,β-unsaturated/α-hetero) is 1. The van der Waals surface area contributed by atoms with E-state index in [0.717, 1.165) is 11.8 Å². The van der Waals surface area contributed by atoms with Gasteiger partial charge >= 0.3 is 5.69 Å². The van der Waals surface area contributed by atoms with Crippen LogP contribution in [0.1, 0.15) is 71.7 Å². The van der Waals surface area contributed by atoms with E-state index in [2.05, 4.69) is 10.3 Å². The van der Waals surface area contributed by atoms with Crippen molar-refractivity contribution in [3.63, 3.8) is 0 Å². The van der Waals surface area contributed by atoms with Crippen molar-refractivity contribution >= 4 is 38.8 Å². The molecule has 4 rings (SSSR count). The molecule has 43 heavy (non-hydrogen) atoms. The summed E-state index contributed by atoms with van der Waals surface area (Å²) in [6, 6.07) is 8.58. The Morgan fingerprint density at radius 2 is 1.72 bits per heavy atom. The lowest BCUT2D eigenvalue weighted by Gasteiger charge is -2.25. The summed E-state index contributed by atoms with van der Waals surface area (Å²) in [7, 11) is -3.55. The second-order valence-corrected chi connectivity index (χ2v) is 13.7. The quantitative estimate of drug-likeness (QED) is 0.410. The number of aromatic nitrogens is 3. The van der Waals surface area contributed by atoms with E-state index in [1.807, 2.05) is 34.6 Å². The first-order chi connectivity index (χ1) is 20.1. The predicted octanol–water partition coefficient (Wildman–Crippen LogP) is 3.58. The van der Waals surface area contributed by atoms with Gasteiger partial charge in [0.1, 0.15) is 6.04 Å². The predicted molar refractivity (Wildman–Crippen MR) is 167 cm³/mol. The third-order valence-corrected chi connectivity index (χ3v) is 9.15. The highest BCUT2D eigenvalue weighted by Crippen LogP contribution is 2.28. The Morgan fingerprint density at radius 3 is 2.28 bits per heavy atom. The van der Waals surface area contributed by atoms with E-state index in [1.54, 1.807) is 49.5 Å². The van der Waals surface area contributed by atoms with E-state index in [9.17, 15) is 27.6 Å². The smallest absolute Gasteiger partial charge is 0.341 e. The summed E-state index contributed by atoms with van der Waals surface area (Å²) in [6.07, 6.45) is 3.78. The van der Waals surface area contributed by atoms with Gasteiger partial charge in [0, 0.05) is 18.7 Å². The Kier molecular flexibility index (Phi) is 10.5. The number of carbonyl (C=O) groups excluding carboxylic acids is 3. The third kappa shape index (κ3) is 7.30. The van der Waals surface area contributed by atoms with E-state index in [-0.39, 0.29) is 30.1 Å². The van der Waals surface area contributed by atoms with E-state index in [1.165, 1.54) is 20.4 Å². The number of benzene rings is 1. The number of rotatable bonds is 8. The molecule has 0 bridgehead atoms. The van der Waals surface area contributed by atoms with Gasteiger partial charge in [0.05, 0.1) is 23.5 Å². The average molecular weight is 614 g/mol. The summed E-state index contributed by atoms with van der Waals surface area (Å²) in [6.45, 7) is 13.3. The van der Waals surface area contributed by atoms with Crippen molar-refractivity contribution in [2.75, 3.05) is 12.8 Å². The molecule has 12 heteroatoms. The second kappa shape index (κ2) is 13.3. The van der Waals surface area contributed by atoms with Crippen LogP contribution in [-0.2, 0) is 26.0 Å². The third-order valence-electron chi connectivity index (χ3n) is 7.87. The molecule has 1 aromatic carbocycles. The van der Waals surface area contributed by atoms with E-state index < -0.39 is 39.6 Å². The van der Waals surface area contributed by atoms with Crippen LogP contribution < -0.4 is 11.0 Å². The Balaban J connectivity index is 0.00000248. The molecule has 11 nitrogen and oxygen atoms in total. The molecule has 2 unspecified atom stereocenters.